The van der Waals surface area contributed by atoms with Gasteiger partial charge in [0.1, 0.15) is 6.04 Å². The van der Waals surface area contributed by atoms with Gasteiger partial charge in [0.2, 0.25) is 15.9 Å². The first-order valence-corrected chi connectivity index (χ1v) is 9.42. The molecule has 1 aromatic carbocycles. The molecule has 0 bridgehead atoms. The van der Waals surface area contributed by atoms with Gasteiger partial charge in [-0.05, 0) is 38.8 Å². The van der Waals surface area contributed by atoms with E-state index in [2.05, 4.69) is 23.5 Å². The van der Waals surface area contributed by atoms with E-state index in [9.17, 15) is 13.2 Å². The number of primary amides is 1. The Hall–Kier alpha value is -1.44. The van der Waals surface area contributed by atoms with E-state index in [1.54, 1.807) is 18.2 Å². The number of carbonyl (C=O) groups excluding carboxylic acids is 1. The van der Waals surface area contributed by atoms with Gasteiger partial charge < -0.3 is 5.73 Å². The molecule has 3 atom stereocenters. The maximum absolute atomic E-state index is 12.4. The second kappa shape index (κ2) is 7.42. The number of nitrogens with zero attached hydrogens (tertiary/aromatic N) is 1. The van der Waals surface area contributed by atoms with Gasteiger partial charge in [-0.3, -0.25) is 9.69 Å². The third-order valence-electron chi connectivity index (χ3n) is 4.46. The molecule has 1 amide bonds. The predicted molar refractivity (Wildman–Crippen MR) is 89.2 cm³/mol. The Labute approximate surface area is 138 Å². The van der Waals surface area contributed by atoms with E-state index in [4.69, 9.17) is 5.73 Å². The molecular weight excluding hydrogens is 314 g/mol. The molecule has 7 heteroatoms. The molecule has 0 radical (unpaired) electrons. The quantitative estimate of drug-likeness (QED) is 0.811. The van der Waals surface area contributed by atoms with Crippen LogP contribution in [0.3, 0.4) is 0 Å². The Balaban J connectivity index is 2.14. The number of nitrogens with two attached hydrogens (primary N) is 1. The van der Waals surface area contributed by atoms with Crippen molar-refractivity contribution in [3.8, 4) is 0 Å². The lowest BCUT2D eigenvalue weighted by Gasteiger charge is -2.40. The maximum Gasteiger partial charge on any atom is 0.241 e. The highest BCUT2D eigenvalue weighted by Crippen LogP contribution is 2.22. The highest BCUT2D eigenvalue weighted by Gasteiger charge is 2.31. The van der Waals surface area contributed by atoms with Crippen LogP contribution in [0.4, 0.5) is 0 Å². The van der Waals surface area contributed by atoms with E-state index in [-0.39, 0.29) is 4.90 Å². The number of nitrogens with one attached hydrogen (secondary N) is 1. The number of rotatable bonds is 6. The van der Waals surface area contributed by atoms with E-state index in [1.807, 2.05) is 0 Å². The first kappa shape index (κ1) is 17.9. The highest BCUT2D eigenvalue weighted by molar-refractivity contribution is 7.89. The van der Waals surface area contributed by atoms with Gasteiger partial charge in [0.25, 0.3) is 0 Å². The number of amides is 1. The largest absolute Gasteiger partial charge is 0.368 e. The fourth-order valence-electron chi connectivity index (χ4n) is 3.09. The van der Waals surface area contributed by atoms with Crippen LogP contribution in [0.5, 0.6) is 0 Å². The van der Waals surface area contributed by atoms with Gasteiger partial charge in [-0.15, -0.1) is 0 Å². The first-order chi connectivity index (χ1) is 10.8. The standard InChI is InChI=1S/C16H25N3O3S/c1-12-7-6-8-13(2)19(12)11-15(16(17)20)18-23(21,22)14-9-4-3-5-10-14/h3-5,9-10,12-13,15,18H,6-8,11H2,1-2H3,(H2,17,20)/t12-,13+,15-/m1/s1. The lowest BCUT2D eigenvalue weighted by atomic mass is 9.97. The van der Waals surface area contributed by atoms with E-state index in [1.165, 1.54) is 12.1 Å². The monoisotopic (exact) mass is 339 g/mol. The number of hydrogen-bond acceptors (Lipinski definition) is 4. The minimum absolute atomic E-state index is 0.131. The molecule has 1 aromatic rings. The van der Waals surface area contributed by atoms with Gasteiger partial charge >= 0.3 is 0 Å². The molecule has 1 aliphatic heterocycles. The molecule has 128 valence electrons. The average Bonchev–Trinajstić information content (AvgIpc) is 2.50. The third-order valence-corrected chi connectivity index (χ3v) is 5.95. The summed E-state index contributed by atoms with van der Waals surface area (Å²) in [7, 11) is -3.77. The van der Waals surface area contributed by atoms with Crippen molar-refractivity contribution < 1.29 is 13.2 Å². The number of piperidine rings is 1. The molecule has 1 fully saturated rings. The van der Waals surface area contributed by atoms with Gasteiger partial charge in [0, 0.05) is 18.6 Å². The molecule has 0 aliphatic carbocycles. The van der Waals surface area contributed by atoms with Crippen LogP contribution in [-0.2, 0) is 14.8 Å². The Morgan fingerprint density at radius 3 is 2.35 bits per heavy atom. The van der Waals surface area contributed by atoms with Crippen molar-refractivity contribution in [3.63, 3.8) is 0 Å². The summed E-state index contributed by atoms with van der Waals surface area (Å²) in [5.74, 6) is -0.658. The summed E-state index contributed by atoms with van der Waals surface area (Å²) in [4.78, 5) is 14.1. The van der Waals surface area contributed by atoms with Crippen molar-refractivity contribution in [2.75, 3.05) is 6.54 Å². The normalized spacial score (nSPS) is 24.3. The Morgan fingerprint density at radius 2 is 1.83 bits per heavy atom. The van der Waals surface area contributed by atoms with E-state index in [0.717, 1.165) is 19.3 Å². The Kier molecular flexibility index (Phi) is 5.78. The van der Waals surface area contributed by atoms with E-state index >= 15 is 0 Å². The summed E-state index contributed by atoms with van der Waals surface area (Å²) in [6, 6.07) is 7.68. The maximum atomic E-state index is 12.4. The molecule has 0 saturated carbocycles. The number of hydrogen-bond donors (Lipinski definition) is 2. The average molecular weight is 339 g/mol. The van der Waals surface area contributed by atoms with Crippen LogP contribution in [0, 0.1) is 0 Å². The zero-order valence-corrected chi connectivity index (χ0v) is 14.4. The topological polar surface area (TPSA) is 92.5 Å². The molecule has 0 spiro atoms. The minimum Gasteiger partial charge on any atom is -0.368 e. The minimum atomic E-state index is -3.77. The zero-order valence-electron chi connectivity index (χ0n) is 13.6. The molecule has 0 aromatic heterocycles. The van der Waals surface area contributed by atoms with Crippen molar-refractivity contribution in [2.24, 2.45) is 5.73 Å². The lowest BCUT2D eigenvalue weighted by Crippen LogP contribution is -2.55. The number of benzene rings is 1. The number of likely N-dealkylation sites (tertiary alicyclic amines) is 1. The Morgan fingerprint density at radius 1 is 1.26 bits per heavy atom. The number of sulfonamides is 1. The van der Waals surface area contributed by atoms with Gasteiger partial charge in [-0.2, -0.15) is 4.72 Å². The van der Waals surface area contributed by atoms with Crippen molar-refractivity contribution in [1.82, 2.24) is 9.62 Å². The van der Waals surface area contributed by atoms with Gasteiger partial charge in [0.05, 0.1) is 4.90 Å². The fraction of sp³-hybridized carbons (Fsp3) is 0.562. The molecule has 23 heavy (non-hydrogen) atoms. The molecule has 1 saturated heterocycles. The summed E-state index contributed by atoms with van der Waals surface area (Å²) in [6.45, 7) is 4.49. The van der Waals surface area contributed by atoms with Gasteiger partial charge in [0.15, 0.2) is 0 Å². The van der Waals surface area contributed by atoms with Gasteiger partial charge in [-0.25, -0.2) is 8.42 Å². The smallest absolute Gasteiger partial charge is 0.241 e. The summed E-state index contributed by atoms with van der Waals surface area (Å²) >= 11 is 0. The SMILES string of the molecule is C[C@@H]1CCC[C@H](C)N1C[C@@H](NS(=O)(=O)c1ccccc1)C(N)=O. The van der Waals surface area contributed by atoms with Crippen LogP contribution >= 0.6 is 0 Å². The van der Waals surface area contributed by atoms with E-state index in [0.29, 0.717) is 18.6 Å². The molecule has 0 unspecified atom stereocenters. The summed E-state index contributed by atoms with van der Waals surface area (Å²) < 4.78 is 27.3. The highest BCUT2D eigenvalue weighted by atomic mass is 32.2. The second-order valence-corrected chi connectivity index (χ2v) is 7.93. The molecular formula is C16H25N3O3S. The van der Waals surface area contributed by atoms with Crippen LogP contribution < -0.4 is 10.5 Å². The van der Waals surface area contributed by atoms with Gasteiger partial charge in [-0.1, -0.05) is 24.6 Å². The Bertz CT molecular complexity index is 623. The summed E-state index contributed by atoms with van der Waals surface area (Å²) in [6.07, 6.45) is 3.23. The van der Waals surface area contributed by atoms with Crippen molar-refractivity contribution in [3.05, 3.63) is 30.3 Å². The fourth-order valence-corrected chi connectivity index (χ4v) is 4.30. The second-order valence-electron chi connectivity index (χ2n) is 6.22. The predicted octanol–water partition coefficient (Wildman–Crippen LogP) is 1.08. The molecule has 6 nitrogen and oxygen atoms in total. The van der Waals surface area contributed by atoms with E-state index < -0.39 is 22.0 Å². The van der Waals surface area contributed by atoms with Crippen molar-refractivity contribution >= 4 is 15.9 Å². The van der Waals surface area contributed by atoms with Crippen LogP contribution in [0.1, 0.15) is 33.1 Å². The number of carbonyl (C=O) groups is 1. The van der Waals surface area contributed by atoms with Crippen LogP contribution in [-0.4, -0.2) is 43.9 Å². The zero-order chi connectivity index (χ0) is 17.0. The summed E-state index contributed by atoms with van der Waals surface area (Å²) in [5, 5.41) is 0. The first-order valence-electron chi connectivity index (χ1n) is 7.93. The molecule has 1 heterocycles. The lowest BCUT2D eigenvalue weighted by molar-refractivity contribution is -0.120. The van der Waals surface area contributed by atoms with Crippen molar-refractivity contribution in [2.45, 2.75) is 56.1 Å². The van der Waals surface area contributed by atoms with Crippen LogP contribution in [0.15, 0.2) is 35.2 Å². The summed E-state index contributed by atoms with van der Waals surface area (Å²) in [5.41, 5.74) is 5.44. The van der Waals surface area contributed by atoms with Crippen LogP contribution in [0.2, 0.25) is 0 Å². The molecule has 1 aliphatic rings. The molecule has 3 N–H and O–H groups in total. The molecule has 2 rings (SSSR count). The van der Waals surface area contributed by atoms with Crippen LogP contribution in [0.25, 0.3) is 0 Å². The third kappa shape index (κ3) is 4.53. The van der Waals surface area contributed by atoms with Crippen molar-refractivity contribution in [1.29, 1.82) is 0 Å².